The molecule has 0 atom stereocenters. The minimum Gasteiger partial charge on any atom is -0.320 e. The van der Waals surface area contributed by atoms with Crippen LogP contribution in [-0.2, 0) is 6.42 Å². The van der Waals surface area contributed by atoms with Crippen LogP contribution in [0, 0.1) is 11.2 Å². The van der Waals surface area contributed by atoms with Gasteiger partial charge in [0.05, 0.1) is 0 Å². The Morgan fingerprint density at radius 3 is 2.39 bits per heavy atom. The third-order valence-electron chi connectivity index (χ3n) is 4.43. The zero-order valence-electron chi connectivity index (χ0n) is 11.3. The number of aryl methyl sites for hydroxylation is 1. The Bertz CT molecular complexity index is 352. The van der Waals surface area contributed by atoms with E-state index in [1.807, 2.05) is 19.2 Å². The van der Waals surface area contributed by atoms with Gasteiger partial charge in [0, 0.05) is 0 Å². The molecular formula is C16H24FN. The summed E-state index contributed by atoms with van der Waals surface area (Å²) in [5.41, 5.74) is 1.81. The molecule has 1 nitrogen and oxygen atoms in total. The van der Waals surface area contributed by atoms with Crippen LogP contribution in [0.15, 0.2) is 24.3 Å². The fourth-order valence-corrected chi connectivity index (χ4v) is 3.20. The summed E-state index contributed by atoms with van der Waals surface area (Å²) in [6.07, 6.45) is 9.13. The Balaban J connectivity index is 1.91. The average molecular weight is 249 g/mol. The van der Waals surface area contributed by atoms with Gasteiger partial charge in [0.2, 0.25) is 0 Å². The largest absolute Gasteiger partial charge is 0.320 e. The molecule has 0 saturated heterocycles. The lowest BCUT2D eigenvalue weighted by molar-refractivity contribution is 0.247. The summed E-state index contributed by atoms with van der Waals surface area (Å²) in [5.74, 6) is -0.135. The van der Waals surface area contributed by atoms with Gasteiger partial charge in [0.15, 0.2) is 0 Å². The van der Waals surface area contributed by atoms with Crippen LogP contribution in [0.1, 0.15) is 44.1 Å². The molecule has 1 fully saturated rings. The zero-order chi connectivity index (χ0) is 12.8. The Labute approximate surface area is 110 Å². The Morgan fingerprint density at radius 2 is 1.78 bits per heavy atom. The third kappa shape index (κ3) is 3.55. The van der Waals surface area contributed by atoms with Gasteiger partial charge in [0.25, 0.3) is 0 Å². The molecule has 0 aromatic heterocycles. The molecule has 2 rings (SSSR count). The minimum atomic E-state index is -0.135. The van der Waals surface area contributed by atoms with E-state index < -0.39 is 0 Å². The van der Waals surface area contributed by atoms with Crippen LogP contribution in [0.4, 0.5) is 4.39 Å². The van der Waals surface area contributed by atoms with Crippen molar-refractivity contribution in [2.75, 3.05) is 13.6 Å². The predicted octanol–water partition coefficient (Wildman–Crippen LogP) is 3.93. The summed E-state index contributed by atoms with van der Waals surface area (Å²) in [6, 6.07) is 7.00. The van der Waals surface area contributed by atoms with Crippen LogP contribution < -0.4 is 5.32 Å². The highest BCUT2D eigenvalue weighted by Crippen LogP contribution is 2.44. The fourth-order valence-electron chi connectivity index (χ4n) is 3.20. The first-order valence-corrected chi connectivity index (χ1v) is 7.13. The molecule has 0 heterocycles. The van der Waals surface area contributed by atoms with Gasteiger partial charge in [-0.3, -0.25) is 0 Å². The zero-order valence-corrected chi connectivity index (χ0v) is 11.3. The van der Waals surface area contributed by atoms with Crippen LogP contribution in [0.2, 0.25) is 0 Å². The van der Waals surface area contributed by atoms with Crippen LogP contribution in [0.5, 0.6) is 0 Å². The molecule has 18 heavy (non-hydrogen) atoms. The van der Waals surface area contributed by atoms with Crippen molar-refractivity contribution >= 4 is 0 Å². The van der Waals surface area contributed by atoms with Crippen molar-refractivity contribution in [3.8, 4) is 0 Å². The van der Waals surface area contributed by atoms with E-state index in [1.165, 1.54) is 44.1 Å². The first kappa shape index (κ1) is 13.5. The lowest BCUT2D eigenvalue weighted by Crippen LogP contribution is -2.23. The van der Waals surface area contributed by atoms with Gasteiger partial charge in [-0.05, 0) is 68.8 Å². The van der Waals surface area contributed by atoms with Crippen molar-refractivity contribution in [1.82, 2.24) is 5.32 Å². The van der Waals surface area contributed by atoms with E-state index in [4.69, 9.17) is 0 Å². The molecule has 0 aliphatic heterocycles. The predicted molar refractivity (Wildman–Crippen MR) is 74.2 cm³/mol. The second-order valence-electron chi connectivity index (χ2n) is 5.69. The molecule has 0 amide bonds. The van der Waals surface area contributed by atoms with Gasteiger partial charge < -0.3 is 5.32 Å². The molecule has 0 unspecified atom stereocenters. The van der Waals surface area contributed by atoms with Crippen molar-refractivity contribution in [2.24, 2.45) is 5.41 Å². The average Bonchev–Trinajstić information content (AvgIpc) is 2.85. The quantitative estimate of drug-likeness (QED) is 0.805. The molecule has 0 spiro atoms. The molecule has 0 bridgehead atoms. The topological polar surface area (TPSA) is 12.0 Å². The van der Waals surface area contributed by atoms with E-state index in [0.717, 1.165) is 13.0 Å². The van der Waals surface area contributed by atoms with Crippen molar-refractivity contribution in [3.05, 3.63) is 35.6 Å². The lowest BCUT2D eigenvalue weighted by Gasteiger charge is -2.29. The molecule has 1 saturated carbocycles. The number of benzene rings is 1. The summed E-state index contributed by atoms with van der Waals surface area (Å²) >= 11 is 0. The molecule has 1 aromatic carbocycles. The molecule has 2 heteroatoms. The first-order chi connectivity index (χ1) is 8.74. The summed E-state index contributed by atoms with van der Waals surface area (Å²) in [6.45, 7) is 1.11. The standard InChI is InChI=1S/C16H24FN/c1-18-13-12-16(9-2-3-10-16)11-8-14-4-6-15(17)7-5-14/h4-7,18H,2-3,8-13H2,1H3. The Morgan fingerprint density at radius 1 is 1.11 bits per heavy atom. The number of hydrogen-bond acceptors (Lipinski definition) is 1. The van der Waals surface area contributed by atoms with Gasteiger partial charge in [0.1, 0.15) is 5.82 Å². The summed E-state index contributed by atoms with van der Waals surface area (Å²) < 4.78 is 12.9. The van der Waals surface area contributed by atoms with E-state index in [0.29, 0.717) is 5.41 Å². The fraction of sp³-hybridized carbons (Fsp3) is 0.625. The summed E-state index contributed by atoms with van der Waals surface area (Å²) in [5, 5.41) is 3.28. The maximum absolute atomic E-state index is 12.9. The number of hydrogen-bond donors (Lipinski definition) is 1. The Kier molecular flexibility index (Phi) is 4.76. The Hall–Kier alpha value is -0.890. The van der Waals surface area contributed by atoms with E-state index >= 15 is 0 Å². The SMILES string of the molecule is CNCCC1(CCc2ccc(F)cc2)CCCC1. The van der Waals surface area contributed by atoms with E-state index in [2.05, 4.69) is 5.32 Å². The third-order valence-corrected chi connectivity index (χ3v) is 4.43. The molecule has 1 N–H and O–H groups in total. The van der Waals surface area contributed by atoms with Crippen molar-refractivity contribution < 1.29 is 4.39 Å². The number of nitrogens with one attached hydrogen (secondary N) is 1. The van der Waals surface area contributed by atoms with Crippen molar-refractivity contribution in [1.29, 1.82) is 0 Å². The van der Waals surface area contributed by atoms with E-state index in [1.54, 1.807) is 12.1 Å². The minimum absolute atomic E-state index is 0.135. The van der Waals surface area contributed by atoms with Crippen molar-refractivity contribution in [2.45, 2.75) is 44.9 Å². The van der Waals surface area contributed by atoms with Gasteiger partial charge in [-0.15, -0.1) is 0 Å². The molecule has 1 aliphatic carbocycles. The molecular weight excluding hydrogens is 225 g/mol. The van der Waals surface area contributed by atoms with Crippen LogP contribution in [0.25, 0.3) is 0 Å². The number of rotatable bonds is 6. The van der Waals surface area contributed by atoms with Crippen LogP contribution in [-0.4, -0.2) is 13.6 Å². The molecule has 100 valence electrons. The normalized spacial score (nSPS) is 18.1. The molecule has 1 aliphatic rings. The second-order valence-corrected chi connectivity index (χ2v) is 5.69. The maximum atomic E-state index is 12.9. The van der Waals surface area contributed by atoms with Crippen molar-refractivity contribution in [3.63, 3.8) is 0 Å². The highest BCUT2D eigenvalue weighted by atomic mass is 19.1. The van der Waals surface area contributed by atoms with Crippen LogP contribution >= 0.6 is 0 Å². The van der Waals surface area contributed by atoms with Gasteiger partial charge in [-0.2, -0.15) is 0 Å². The van der Waals surface area contributed by atoms with Crippen LogP contribution in [0.3, 0.4) is 0 Å². The second kappa shape index (κ2) is 6.33. The van der Waals surface area contributed by atoms with E-state index in [-0.39, 0.29) is 5.82 Å². The summed E-state index contributed by atoms with van der Waals surface area (Å²) in [4.78, 5) is 0. The maximum Gasteiger partial charge on any atom is 0.123 e. The highest BCUT2D eigenvalue weighted by molar-refractivity contribution is 5.16. The lowest BCUT2D eigenvalue weighted by atomic mass is 9.77. The monoisotopic (exact) mass is 249 g/mol. The summed E-state index contributed by atoms with van der Waals surface area (Å²) in [7, 11) is 2.03. The first-order valence-electron chi connectivity index (χ1n) is 7.13. The van der Waals surface area contributed by atoms with Gasteiger partial charge in [-0.25, -0.2) is 4.39 Å². The number of halogens is 1. The highest BCUT2D eigenvalue weighted by Gasteiger charge is 2.32. The van der Waals surface area contributed by atoms with E-state index in [9.17, 15) is 4.39 Å². The molecule has 0 radical (unpaired) electrons. The molecule has 1 aromatic rings. The van der Waals surface area contributed by atoms with Gasteiger partial charge >= 0.3 is 0 Å². The smallest absolute Gasteiger partial charge is 0.123 e. The van der Waals surface area contributed by atoms with Gasteiger partial charge in [-0.1, -0.05) is 25.0 Å².